The lowest BCUT2D eigenvalue weighted by Crippen LogP contribution is -2.42. The summed E-state index contributed by atoms with van der Waals surface area (Å²) in [5.74, 6) is 0.239. The summed E-state index contributed by atoms with van der Waals surface area (Å²) in [4.78, 5) is 26.8. The standard InChI is InChI=1S/C24H28FN3O4/c1-27-9-7-15(10-21(27)29)23(30)26-11-17-18-13-28(14-24(18)8-6-20(17)32-24)12-16-4-3-5-19(25)22(16)31-2/h3-5,7,9-10,17-18,20H,6,8,11-14H2,1-2H3,(H,26,30)/t17-,18+,20+,24+/m0/s1. The molecular formula is C24H28FN3O4. The van der Waals surface area contributed by atoms with Crippen LogP contribution in [0.5, 0.6) is 5.75 Å². The Hall–Kier alpha value is -2.71. The first-order chi connectivity index (χ1) is 15.4. The van der Waals surface area contributed by atoms with Crippen LogP contribution in [-0.2, 0) is 18.3 Å². The van der Waals surface area contributed by atoms with Crippen LogP contribution in [0.2, 0.25) is 0 Å². The number of nitrogens with zero attached hydrogens (tertiary/aromatic N) is 2. The van der Waals surface area contributed by atoms with Crippen LogP contribution in [0.1, 0.15) is 28.8 Å². The van der Waals surface area contributed by atoms with Crippen molar-refractivity contribution in [3.05, 3.63) is 63.8 Å². The minimum atomic E-state index is -0.351. The molecule has 7 nitrogen and oxygen atoms in total. The number of hydrogen-bond donors (Lipinski definition) is 1. The number of nitrogens with one attached hydrogen (secondary N) is 1. The van der Waals surface area contributed by atoms with E-state index in [1.165, 1.54) is 23.8 Å². The first-order valence-electron chi connectivity index (χ1n) is 11.1. The Morgan fingerprint density at radius 1 is 1.38 bits per heavy atom. The molecule has 0 radical (unpaired) electrons. The second kappa shape index (κ2) is 8.01. The van der Waals surface area contributed by atoms with Gasteiger partial charge in [0.15, 0.2) is 11.6 Å². The number of para-hydroxylation sites is 1. The quantitative estimate of drug-likeness (QED) is 0.742. The van der Waals surface area contributed by atoms with E-state index in [0.29, 0.717) is 30.3 Å². The Morgan fingerprint density at radius 2 is 2.22 bits per heavy atom. The van der Waals surface area contributed by atoms with Crippen molar-refractivity contribution < 1.29 is 18.7 Å². The summed E-state index contributed by atoms with van der Waals surface area (Å²) >= 11 is 0. The zero-order chi connectivity index (χ0) is 22.5. The number of carbonyl (C=O) groups is 1. The Labute approximate surface area is 186 Å². The minimum absolute atomic E-state index is 0.148. The van der Waals surface area contributed by atoms with Crippen LogP contribution >= 0.6 is 0 Å². The van der Waals surface area contributed by atoms with Gasteiger partial charge in [-0.1, -0.05) is 12.1 Å². The Morgan fingerprint density at radius 3 is 3.00 bits per heavy atom. The number of halogens is 1. The molecule has 4 atom stereocenters. The fourth-order valence-corrected chi connectivity index (χ4v) is 5.83. The number of fused-ring (bicyclic) bond motifs is 1. The molecule has 1 aromatic heterocycles. The Kier molecular flexibility index (Phi) is 5.29. The maximum Gasteiger partial charge on any atom is 0.251 e. The van der Waals surface area contributed by atoms with E-state index < -0.39 is 0 Å². The van der Waals surface area contributed by atoms with Gasteiger partial charge in [0.1, 0.15) is 0 Å². The van der Waals surface area contributed by atoms with Crippen molar-refractivity contribution in [3.63, 3.8) is 0 Å². The minimum Gasteiger partial charge on any atom is -0.493 e. The number of amides is 1. The molecular weight excluding hydrogens is 413 g/mol. The molecule has 4 heterocycles. The van der Waals surface area contributed by atoms with Crippen LogP contribution in [0, 0.1) is 17.7 Å². The molecule has 3 aliphatic rings. The number of likely N-dealkylation sites (tertiary alicyclic amines) is 1. The fraction of sp³-hybridized carbons (Fsp3) is 0.500. The van der Waals surface area contributed by atoms with Crippen LogP contribution in [0.15, 0.2) is 41.3 Å². The number of aromatic nitrogens is 1. The topological polar surface area (TPSA) is 72.8 Å². The SMILES string of the molecule is COc1c(F)cccc1CN1C[C@@H]2[C@H](CNC(=O)c3ccn(C)c(=O)c3)[C@H]3CC[C@]2(C1)O3. The number of pyridine rings is 1. The molecule has 1 aromatic carbocycles. The van der Waals surface area contributed by atoms with E-state index in [2.05, 4.69) is 10.2 Å². The second-order valence-corrected chi connectivity index (χ2v) is 9.21. The molecule has 1 amide bonds. The molecule has 3 saturated heterocycles. The highest BCUT2D eigenvalue weighted by Gasteiger charge is 2.62. The number of ether oxygens (including phenoxy) is 2. The average Bonchev–Trinajstić information content (AvgIpc) is 3.42. The van der Waals surface area contributed by atoms with Crippen molar-refractivity contribution in [2.24, 2.45) is 18.9 Å². The zero-order valence-corrected chi connectivity index (χ0v) is 18.3. The lowest BCUT2D eigenvalue weighted by atomic mass is 9.73. The molecule has 2 aromatic rings. The van der Waals surface area contributed by atoms with E-state index in [1.807, 2.05) is 6.07 Å². The molecule has 0 saturated carbocycles. The van der Waals surface area contributed by atoms with Gasteiger partial charge in [0.05, 0.1) is 18.8 Å². The predicted molar refractivity (Wildman–Crippen MR) is 116 cm³/mol. The van der Waals surface area contributed by atoms with Gasteiger partial charge in [-0.05, 0) is 25.0 Å². The number of rotatable bonds is 6. The Balaban J connectivity index is 1.27. The smallest absolute Gasteiger partial charge is 0.251 e. The Bertz CT molecular complexity index is 1100. The van der Waals surface area contributed by atoms with E-state index in [9.17, 15) is 14.0 Å². The van der Waals surface area contributed by atoms with Crippen molar-refractivity contribution in [1.82, 2.24) is 14.8 Å². The molecule has 170 valence electrons. The summed E-state index contributed by atoms with van der Waals surface area (Å²) in [6, 6.07) is 8.02. The zero-order valence-electron chi connectivity index (χ0n) is 18.3. The van der Waals surface area contributed by atoms with Crippen LogP contribution in [-0.4, -0.2) is 53.8 Å². The normalized spacial score (nSPS) is 28.7. The summed E-state index contributed by atoms with van der Waals surface area (Å²) in [6.45, 7) is 2.75. The molecule has 2 bridgehead atoms. The van der Waals surface area contributed by atoms with E-state index in [1.54, 1.807) is 25.4 Å². The van der Waals surface area contributed by atoms with E-state index >= 15 is 0 Å². The van der Waals surface area contributed by atoms with Gasteiger partial charge in [0.25, 0.3) is 11.5 Å². The van der Waals surface area contributed by atoms with Gasteiger partial charge in [-0.15, -0.1) is 0 Å². The van der Waals surface area contributed by atoms with Crippen LogP contribution in [0.4, 0.5) is 4.39 Å². The van der Waals surface area contributed by atoms with Crippen molar-refractivity contribution in [2.45, 2.75) is 31.1 Å². The van der Waals surface area contributed by atoms with Crippen molar-refractivity contribution in [3.8, 4) is 5.75 Å². The highest BCUT2D eigenvalue weighted by atomic mass is 19.1. The van der Waals surface area contributed by atoms with Gasteiger partial charge in [-0.2, -0.15) is 0 Å². The molecule has 32 heavy (non-hydrogen) atoms. The van der Waals surface area contributed by atoms with Crippen LogP contribution in [0.25, 0.3) is 0 Å². The van der Waals surface area contributed by atoms with Gasteiger partial charge >= 0.3 is 0 Å². The molecule has 0 unspecified atom stereocenters. The summed E-state index contributed by atoms with van der Waals surface area (Å²) in [5.41, 5.74) is 0.801. The van der Waals surface area contributed by atoms with E-state index in [0.717, 1.165) is 31.5 Å². The number of benzene rings is 1. The number of methoxy groups -OCH3 is 1. The van der Waals surface area contributed by atoms with Gasteiger partial charge < -0.3 is 19.4 Å². The maximum absolute atomic E-state index is 14.1. The summed E-state index contributed by atoms with van der Waals surface area (Å²) in [5, 5.41) is 3.02. The summed E-state index contributed by atoms with van der Waals surface area (Å²) in [7, 11) is 3.15. The summed E-state index contributed by atoms with van der Waals surface area (Å²) < 4.78 is 27.3. The van der Waals surface area contributed by atoms with Crippen molar-refractivity contribution >= 4 is 5.91 Å². The first kappa shape index (κ1) is 21.2. The molecule has 5 rings (SSSR count). The highest BCUT2D eigenvalue weighted by Crippen LogP contribution is 2.54. The molecule has 0 aliphatic carbocycles. The third-order valence-corrected chi connectivity index (χ3v) is 7.37. The highest BCUT2D eigenvalue weighted by molar-refractivity contribution is 5.93. The van der Waals surface area contributed by atoms with Gasteiger partial charge in [-0.25, -0.2) is 4.39 Å². The van der Waals surface area contributed by atoms with Crippen LogP contribution < -0.4 is 15.6 Å². The maximum atomic E-state index is 14.1. The molecule has 8 heteroatoms. The number of carbonyl (C=O) groups excluding carboxylic acids is 1. The fourth-order valence-electron chi connectivity index (χ4n) is 5.83. The first-order valence-corrected chi connectivity index (χ1v) is 11.1. The van der Waals surface area contributed by atoms with E-state index in [4.69, 9.17) is 9.47 Å². The number of aryl methyl sites for hydroxylation is 1. The van der Waals surface area contributed by atoms with Gasteiger partial charge in [-0.3, -0.25) is 14.5 Å². The third kappa shape index (κ3) is 3.51. The molecule has 1 spiro atoms. The molecule has 1 N–H and O–H groups in total. The largest absolute Gasteiger partial charge is 0.493 e. The predicted octanol–water partition coefficient (Wildman–Crippen LogP) is 1.94. The van der Waals surface area contributed by atoms with Crippen LogP contribution in [0.3, 0.4) is 0 Å². The van der Waals surface area contributed by atoms with Crippen molar-refractivity contribution in [2.75, 3.05) is 26.7 Å². The lowest BCUT2D eigenvalue weighted by Gasteiger charge is -2.29. The molecule has 3 fully saturated rings. The third-order valence-electron chi connectivity index (χ3n) is 7.37. The average molecular weight is 442 g/mol. The van der Waals surface area contributed by atoms with Gasteiger partial charge in [0, 0.05) is 68.5 Å². The van der Waals surface area contributed by atoms with Crippen molar-refractivity contribution in [1.29, 1.82) is 0 Å². The van der Waals surface area contributed by atoms with Gasteiger partial charge in [0.2, 0.25) is 0 Å². The summed E-state index contributed by atoms with van der Waals surface area (Å²) in [6.07, 6.45) is 3.75. The number of hydrogen-bond acceptors (Lipinski definition) is 5. The van der Waals surface area contributed by atoms with E-state index in [-0.39, 0.29) is 34.9 Å². The monoisotopic (exact) mass is 441 g/mol. The molecule has 3 aliphatic heterocycles. The lowest BCUT2D eigenvalue weighted by molar-refractivity contribution is 0.00206. The second-order valence-electron chi connectivity index (χ2n) is 9.21.